The number of nitro groups is 2. The Morgan fingerprint density at radius 1 is 0.729 bits per heavy atom. The van der Waals surface area contributed by atoms with E-state index in [1.165, 1.54) is 38.5 Å². The zero-order valence-electron chi connectivity index (χ0n) is 37.4. The van der Waals surface area contributed by atoms with E-state index in [0.29, 0.717) is 56.8 Å². The quantitative estimate of drug-likeness (QED) is 0.0385. The van der Waals surface area contributed by atoms with Gasteiger partial charge in [0, 0.05) is 42.8 Å². The Balaban J connectivity index is 1.32. The third-order valence-corrected chi connectivity index (χ3v) is 22.2. The van der Waals surface area contributed by atoms with E-state index in [1.54, 1.807) is 4.90 Å². The molecule has 2 aliphatic rings. The van der Waals surface area contributed by atoms with Crippen LogP contribution in [0, 0.1) is 32.1 Å². The van der Waals surface area contributed by atoms with Gasteiger partial charge < -0.3 is 28.0 Å². The van der Waals surface area contributed by atoms with Crippen LogP contribution in [0.3, 0.4) is 0 Å². The zero-order chi connectivity index (χ0) is 44.1. The van der Waals surface area contributed by atoms with Gasteiger partial charge in [-0.25, -0.2) is 0 Å². The average molecular weight is 858 g/mol. The predicted octanol–water partition coefficient (Wildman–Crippen LogP) is 10.2. The van der Waals surface area contributed by atoms with Crippen molar-refractivity contribution in [2.75, 3.05) is 40.6 Å². The minimum Gasteiger partial charge on any atom is -0.496 e. The van der Waals surface area contributed by atoms with Gasteiger partial charge in [0.1, 0.15) is 11.3 Å². The Morgan fingerprint density at radius 2 is 1.29 bits per heavy atom. The van der Waals surface area contributed by atoms with E-state index in [9.17, 15) is 29.8 Å². The summed E-state index contributed by atoms with van der Waals surface area (Å²) in [6, 6.07) is 5.53. The van der Waals surface area contributed by atoms with Gasteiger partial charge in [0.15, 0.2) is 33.9 Å². The number of ketones is 1. The summed E-state index contributed by atoms with van der Waals surface area (Å²) in [5, 5.41) is 24.5. The van der Waals surface area contributed by atoms with Gasteiger partial charge in [0.2, 0.25) is 0 Å². The number of likely N-dealkylation sites (tertiary alicyclic amines) is 1. The van der Waals surface area contributed by atoms with Crippen LogP contribution >= 0.6 is 0 Å². The van der Waals surface area contributed by atoms with Crippen LogP contribution in [0.15, 0.2) is 24.3 Å². The minimum absolute atomic E-state index is 0.0109. The van der Waals surface area contributed by atoms with Crippen LogP contribution in [-0.2, 0) is 15.3 Å². The summed E-state index contributed by atoms with van der Waals surface area (Å²) in [6.07, 6.45) is 5.66. The van der Waals surface area contributed by atoms with Gasteiger partial charge in [-0.3, -0.25) is 29.8 Å². The van der Waals surface area contributed by atoms with E-state index >= 15 is 0 Å². The maximum Gasteiger partial charge on any atom is 0.284 e. The fraction of sp³-hybridized carbons (Fsp3) is 0.674. The number of benzene rings is 2. The number of ether oxygens (including phenoxy) is 3. The number of nitro benzene ring substituents is 2. The van der Waals surface area contributed by atoms with E-state index in [2.05, 4.69) is 67.7 Å². The Hall–Kier alpha value is -3.87. The molecule has 1 unspecified atom stereocenters. The molecule has 328 valence electrons. The summed E-state index contributed by atoms with van der Waals surface area (Å²) < 4.78 is 29.9. The molecule has 3 atom stereocenters. The van der Waals surface area contributed by atoms with Crippen molar-refractivity contribution in [3.05, 3.63) is 61.2 Å². The molecule has 0 radical (unpaired) electrons. The van der Waals surface area contributed by atoms with Crippen LogP contribution in [0.2, 0.25) is 36.3 Å². The van der Waals surface area contributed by atoms with Crippen LogP contribution in [0.5, 0.6) is 17.2 Å². The molecule has 0 bridgehead atoms. The van der Waals surface area contributed by atoms with Crippen molar-refractivity contribution in [2.24, 2.45) is 11.8 Å². The van der Waals surface area contributed by atoms with Crippen LogP contribution in [0.1, 0.15) is 113 Å². The molecule has 16 heteroatoms. The summed E-state index contributed by atoms with van der Waals surface area (Å²) in [7, 11) is -1.10. The standard InChI is InChI=1S/C43H67N3O11Si2/c1-42(2,3)58(9,10)56-27-30-18-19-32(30)40(47)33-24-38(54-8)39(26-36(33)46(51)52)55-22-16-14-13-15-17-29-23-35(45(49)50)34(25-37(29)53-7)41(48)44-21-20-31(44)28-57-59(11,12)43(4,5)6/h23-26,30-32H,13-22,27-28H2,1-12H3/t30-,31-,32?/m0/s1. The molecule has 1 saturated carbocycles. The van der Waals surface area contributed by atoms with Crippen LogP contribution in [0.4, 0.5) is 11.4 Å². The normalized spacial score (nSPS) is 18.4. The summed E-state index contributed by atoms with van der Waals surface area (Å²) >= 11 is 0. The molecule has 1 aliphatic heterocycles. The van der Waals surface area contributed by atoms with E-state index in [4.69, 9.17) is 23.1 Å². The highest BCUT2D eigenvalue weighted by atomic mass is 28.4. The molecule has 0 spiro atoms. The molecular formula is C43H67N3O11Si2. The Bertz CT molecular complexity index is 1720. The number of unbranched alkanes of at least 4 members (excludes halogenated alkanes) is 3. The Morgan fingerprint density at radius 3 is 1.80 bits per heavy atom. The fourth-order valence-electron chi connectivity index (χ4n) is 6.85. The first-order valence-electron chi connectivity index (χ1n) is 20.9. The molecule has 0 aromatic heterocycles. The molecular weight excluding hydrogens is 791 g/mol. The number of Topliss-reactive ketones (excluding diaryl/α,β-unsaturated/α-hetero) is 1. The molecule has 1 amide bonds. The van der Waals surface area contributed by atoms with Crippen molar-refractivity contribution in [3.63, 3.8) is 0 Å². The second kappa shape index (κ2) is 19.2. The fourth-order valence-corrected chi connectivity index (χ4v) is 8.95. The Kier molecular flexibility index (Phi) is 15.6. The molecule has 2 fully saturated rings. The lowest BCUT2D eigenvalue weighted by Crippen LogP contribution is -2.55. The number of methoxy groups -OCH3 is 2. The van der Waals surface area contributed by atoms with Gasteiger partial charge in [-0.2, -0.15) is 0 Å². The first-order chi connectivity index (χ1) is 27.4. The van der Waals surface area contributed by atoms with Crippen molar-refractivity contribution in [1.82, 2.24) is 4.90 Å². The second-order valence-electron chi connectivity index (χ2n) is 19.1. The number of nitrogens with zero attached hydrogens (tertiary/aromatic N) is 3. The molecule has 14 nitrogen and oxygen atoms in total. The van der Waals surface area contributed by atoms with Crippen LogP contribution in [-0.4, -0.2) is 89.7 Å². The first kappa shape index (κ1) is 47.8. The number of hydrogen-bond acceptors (Lipinski definition) is 11. The number of carbonyl (C=O) groups excluding carboxylic acids is 2. The van der Waals surface area contributed by atoms with Crippen molar-refractivity contribution in [3.8, 4) is 17.2 Å². The maximum absolute atomic E-state index is 13.7. The first-order valence-corrected chi connectivity index (χ1v) is 26.7. The average Bonchev–Trinajstić information content (AvgIpc) is 3.11. The molecule has 1 aliphatic carbocycles. The van der Waals surface area contributed by atoms with Crippen molar-refractivity contribution >= 4 is 39.7 Å². The number of aryl methyl sites for hydroxylation is 1. The maximum atomic E-state index is 13.7. The molecule has 2 aromatic carbocycles. The summed E-state index contributed by atoms with van der Waals surface area (Å²) in [5.74, 6) is -0.118. The van der Waals surface area contributed by atoms with Crippen molar-refractivity contribution in [1.29, 1.82) is 0 Å². The van der Waals surface area contributed by atoms with Crippen LogP contribution < -0.4 is 14.2 Å². The van der Waals surface area contributed by atoms with Gasteiger partial charge in [0.05, 0.1) is 55.0 Å². The van der Waals surface area contributed by atoms with Gasteiger partial charge >= 0.3 is 0 Å². The van der Waals surface area contributed by atoms with Gasteiger partial charge in [-0.15, -0.1) is 0 Å². The molecule has 1 saturated heterocycles. The molecule has 0 N–H and O–H groups in total. The van der Waals surface area contributed by atoms with Gasteiger partial charge in [-0.05, 0) is 80.7 Å². The highest BCUT2D eigenvalue weighted by Gasteiger charge is 2.44. The monoisotopic (exact) mass is 857 g/mol. The van der Waals surface area contributed by atoms with Gasteiger partial charge in [-0.1, -0.05) is 54.4 Å². The number of amides is 1. The highest BCUT2D eigenvalue weighted by Crippen LogP contribution is 2.44. The largest absolute Gasteiger partial charge is 0.496 e. The lowest BCUT2D eigenvalue weighted by atomic mass is 9.70. The molecule has 2 aromatic rings. The second-order valence-corrected chi connectivity index (χ2v) is 28.7. The minimum atomic E-state index is -2.03. The third-order valence-electron chi connectivity index (χ3n) is 13.2. The SMILES string of the molecule is COc1cc(C(=O)N2CC[C@H]2CO[Si](C)(C)C(C)(C)C)c([N+](=O)[O-])cc1CCCCCCOc1cc([N+](=O)[O-])c(C(=O)C2CC[C@H]2CO[Si](C)(C)C(C)(C)C)cc1OC. The predicted molar refractivity (Wildman–Crippen MR) is 233 cm³/mol. The summed E-state index contributed by atoms with van der Waals surface area (Å²) in [4.78, 5) is 52.3. The van der Waals surface area contributed by atoms with E-state index in [-0.39, 0.29) is 74.3 Å². The number of carbonyl (C=O) groups is 2. The van der Waals surface area contributed by atoms with E-state index < -0.39 is 32.4 Å². The summed E-state index contributed by atoms with van der Waals surface area (Å²) in [6.45, 7) is 23.3. The lowest BCUT2D eigenvalue weighted by molar-refractivity contribution is -0.385. The van der Waals surface area contributed by atoms with Crippen molar-refractivity contribution in [2.45, 2.75) is 135 Å². The van der Waals surface area contributed by atoms with Gasteiger partial charge in [0.25, 0.3) is 17.3 Å². The zero-order valence-corrected chi connectivity index (χ0v) is 39.4. The lowest BCUT2D eigenvalue weighted by Gasteiger charge is -2.44. The third kappa shape index (κ3) is 11.3. The summed E-state index contributed by atoms with van der Waals surface area (Å²) in [5.41, 5.74) is 0.130. The molecule has 4 rings (SSSR count). The van der Waals surface area contributed by atoms with E-state index in [0.717, 1.165) is 25.7 Å². The smallest absolute Gasteiger partial charge is 0.284 e. The number of rotatable bonds is 21. The van der Waals surface area contributed by atoms with Crippen LogP contribution in [0.25, 0.3) is 0 Å². The highest BCUT2D eigenvalue weighted by molar-refractivity contribution is 6.74. The number of hydrogen-bond donors (Lipinski definition) is 0. The molecule has 59 heavy (non-hydrogen) atoms. The van der Waals surface area contributed by atoms with E-state index in [1.807, 2.05) is 0 Å². The Labute approximate surface area is 352 Å². The van der Waals surface area contributed by atoms with Crippen molar-refractivity contribution < 1.29 is 42.5 Å². The molecule has 1 heterocycles. The topological polar surface area (TPSA) is 170 Å².